The molecule has 30 heavy (non-hydrogen) atoms. The van der Waals surface area contributed by atoms with Crippen LogP contribution in [0.1, 0.15) is 11.3 Å². The van der Waals surface area contributed by atoms with Crippen LogP contribution in [-0.4, -0.2) is 46.5 Å². The third kappa shape index (κ3) is 3.75. The highest BCUT2D eigenvalue weighted by atomic mass is 16.5. The fourth-order valence-corrected chi connectivity index (χ4v) is 3.65. The number of nitrogens with one attached hydrogen (secondary N) is 1. The zero-order chi connectivity index (χ0) is 20.3. The first kappa shape index (κ1) is 18.3. The number of hydrogen-bond donors (Lipinski definition) is 2. The predicted molar refractivity (Wildman–Crippen MR) is 120 cm³/mol. The Bertz CT molecular complexity index is 1190. The van der Waals surface area contributed by atoms with Crippen molar-refractivity contribution >= 4 is 34.7 Å². The van der Waals surface area contributed by atoms with Gasteiger partial charge in [0, 0.05) is 35.9 Å². The maximum Gasteiger partial charge on any atom is 0.220 e. The molecule has 0 atom stereocenters. The fourth-order valence-electron chi connectivity index (χ4n) is 3.65. The fraction of sp³-hybridized carbons (Fsp3) is 0.174. The van der Waals surface area contributed by atoms with Crippen LogP contribution < -0.4 is 10.6 Å². The Morgan fingerprint density at radius 2 is 1.83 bits per heavy atom. The summed E-state index contributed by atoms with van der Waals surface area (Å²) < 4.78 is 5.42. The van der Waals surface area contributed by atoms with Gasteiger partial charge in [0.15, 0.2) is 0 Å². The van der Waals surface area contributed by atoms with Crippen LogP contribution in [0.5, 0.6) is 0 Å². The number of aromatic nitrogens is 4. The summed E-state index contributed by atoms with van der Waals surface area (Å²) in [5.41, 5.74) is 11.7. The third-order valence-corrected chi connectivity index (χ3v) is 5.27. The molecule has 0 spiro atoms. The number of anilines is 2. The van der Waals surface area contributed by atoms with Gasteiger partial charge in [-0.1, -0.05) is 24.3 Å². The first-order valence-electron chi connectivity index (χ1n) is 9.94. The first-order valence-corrected chi connectivity index (χ1v) is 9.94. The summed E-state index contributed by atoms with van der Waals surface area (Å²) in [5, 5.41) is 8.63. The van der Waals surface area contributed by atoms with Gasteiger partial charge in [0.05, 0.1) is 30.1 Å². The van der Waals surface area contributed by atoms with Gasteiger partial charge in [-0.25, -0.2) is 9.97 Å². The molecule has 7 nitrogen and oxygen atoms in total. The Morgan fingerprint density at radius 3 is 2.63 bits per heavy atom. The molecular formula is C23H22N6O. The van der Waals surface area contributed by atoms with Crippen molar-refractivity contribution in [3.8, 4) is 11.3 Å². The van der Waals surface area contributed by atoms with Crippen LogP contribution in [0.15, 0.2) is 54.7 Å². The molecule has 4 aromatic rings. The van der Waals surface area contributed by atoms with E-state index in [1.165, 1.54) is 5.69 Å². The molecule has 2 aromatic carbocycles. The molecule has 1 saturated heterocycles. The maximum absolute atomic E-state index is 5.70. The van der Waals surface area contributed by atoms with E-state index in [4.69, 9.17) is 10.5 Å². The minimum absolute atomic E-state index is 0.264. The number of nitrogens with zero attached hydrogens (tertiary/aromatic N) is 4. The van der Waals surface area contributed by atoms with Gasteiger partial charge in [0.2, 0.25) is 5.95 Å². The molecule has 3 N–H and O–H groups in total. The summed E-state index contributed by atoms with van der Waals surface area (Å²) >= 11 is 0. The minimum Gasteiger partial charge on any atom is -0.378 e. The van der Waals surface area contributed by atoms with E-state index < -0.39 is 0 Å². The van der Waals surface area contributed by atoms with Crippen molar-refractivity contribution in [2.24, 2.45) is 0 Å². The standard InChI is InChI=1S/C23H22N6O/c24-23-25-10-9-20(26-23)17-4-7-19-21(27-28-22(19)15-17)8-3-16-1-5-18(6-2-16)29-11-13-30-14-12-29/h1-10,15H,11-14H2,(H,27,28)(H2,24,25,26)/b8-3+. The summed E-state index contributed by atoms with van der Waals surface area (Å²) in [6.45, 7) is 3.47. The van der Waals surface area contributed by atoms with Crippen LogP contribution in [0.25, 0.3) is 34.3 Å². The third-order valence-electron chi connectivity index (χ3n) is 5.27. The maximum atomic E-state index is 5.70. The van der Waals surface area contributed by atoms with Crippen LogP contribution in [0.2, 0.25) is 0 Å². The Balaban J connectivity index is 1.35. The number of nitrogen functional groups attached to an aromatic ring is 1. The molecule has 1 aliphatic rings. The number of morpholine rings is 1. The molecule has 0 bridgehead atoms. The van der Waals surface area contributed by atoms with Crippen molar-refractivity contribution in [1.29, 1.82) is 0 Å². The van der Waals surface area contributed by atoms with Crippen molar-refractivity contribution in [3.63, 3.8) is 0 Å². The van der Waals surface area contributed by atoms with Gasteiger partial charge in [-0.3, -0.25) is 5.10 Å². The number of hydrogen-bond acceptors (Lipinski definition) is 6. The molecule has 0 amide bonds. The summed E-state index contributed by atoms with van der Waals surface area (Å²) in [6.07, 6.45) is 5.77. The molecule has 1 fully saturated rings. The number of aromatic amines is 1. The molecule has 0 aliphatic carbocycles. The second-order valence-electron chi connectivity index (χ2n) is 7.19. The Morgan fingerprint density at radius 1 is 1.00 bits per heavy atom. The Kier molecular flexibility index (Phi) is 4.86. The first-order chi connectivity index (χ1) is 14.8. The second-order valence-corrected chi connectivity index (χ2v) is 7.19. The van der Waals surface area contributed by atoms with Crippen molar-refractivity contribution in [2.45, 2.75) is 0 Å². The number of nitrogens with two attached hydrogens (primary N) is 1. The van der Waals surface area contributed by atoms with E-state index in [2.05, 4.69) is 55.4 Å². The topological polar surface area (TPSA) is 93.0 Å². The lowest BCUT2D eigenvalue weighted by Gasteiger charge is -2.28. The van der Waals surface area contributed by atoms with Crippen LogP contribution in [0.4, 0.5) is 11.6 Å². The molecule has 1 aliphatic heterocycles. The molecule has 150 valence electrons. The predicted octanol–water partition coefficient (Wildman–Crippen LogP) is 3.61. The van der Waals surface area contributed by atoms with Crippen LogP contribution in [0.3, 0.4) is 0 Å². The number of H-pyrrole nitrogens is 1. The molecule has 0 saturated carbocycles. The molecular weight excluding hydrogens is 376 g/mol. The zero-order valence-corrected chi connectivity index (χ0v) is 16.5. The van der Waals surface area contributed by atoms with E-state index in [0.29, 0.717) is 0 Å². The highest BCUT2D eigenvalue weighted by Gasteiger charge is 2.10. The highest BCUT2D eigenvalue weighted by molar-refractivity contribution is 5.91. The van der Waals surface area contributed by atoms with Gasteiger partial charge < -0.3 is 15.4 Å². The molecule has 2 aromatic heterocycles. The highest BCUT2D eigenvalue weighted by Crippen LogP contribution is 2.25. The van der Waals surface area contributed by atoms with Gasteiger partial charge >= 0.3 is 0 Å². The van der Waals surface area contributed by atoms with Gasteiger partial charge in [-0.15, -0.1) is 0 Å². The molecule has 5 rings (SSSR count). The van der Waals surface area contributed by atoms with E-state index in [9.17, 15) is 0 Å². The summed E-state index contributed by atoms with van der Waals surface area (Å²) in [7, 11) is 0. The molecule has 0 unspecified atom stereocenters. The molecule has 3 heterocycles. The van der Waals surface area contributed by atoms with Crippen molar-refractivity contribution < 1.29 is 4.74 Å². The average Bonchev–Trinajstić information content (AvgIpc) is 3.21. The Labute approximate surface area is 174 Å². The van der Waals surface area contributed by atoms with E-state index in [1.807, 2.05) is 30.3 Å². The van der Waals surface area contributed by atoms with Crippen molar-refractivity contribution in [2.75, 3.05) is 36.9 Å². The van der Waals surface area contributed by atoms with Crippen molar-refractivity contribution in [1.82, 2.24) is 20.2 Å². The van der Waals surface area contributed by atoms with Crippen molar-refractivity contribution in [3.05, 3.63) is 66.0 Å². The van der Waals surface area contributed by atoms with Crippen LogP contribution in [-0.2, 0) is 4.74 Å². The summed E-state index contributed by atoms with van der Waals surface area (Å²) in [4.78, 5) is 10.6. The largest absolute Gasteiger partial charge is 0.378 e. The van der Waals surface area contributed by atoms with E-state index in [1.54, 1.807) is 6.20 Å². The lowest BCUT2D eigenvalue weighted by atomic mass is 10.1. The van der Waals surface area contributed by atoms with Crippen LogP contribution in [0, 0.1) is 0 Å². The lowest BCUT2D eigenvalue weighted by molar-refractivity contribution is 0.122. The number of rotatable bonds is 4. The van der Waals surface area contributed by atoms with Crippen LogP contribution >= 0.6 is 0 Å². The average molecular weight is 398 g/mol. The molecule has 7 heteroatoms. The van der Waals surface area contributed by atoms with E-state index >= 15 is 0 Å². The smallest absolute Gasteiger partial charge is 0.220 e. The Hall–Kier alpha value is -3.71. The van der Waals surface area contributed by atoms with Gasteiger partial charge in [0.1, 0.15) is 0 Å². The van der Waals surface area contributed by atoms with Gasteiger partial charge in [-0.2, -0.15) is 5.10 Å². The zero-order valence-electron chi connectivity index (χ0n) is 16.5. The van der Waals surface area contributed by atoms with E-state index in [0.717, 1.165) is 59.7 Å². The summed E-state index contributed by atoms with van der Waals surface area (Å²) in [5.74, 6) is 0.264. The number of ether oxygens (including phenoxy) is 1. The minimum atomic E-state index is 0.264. The van der Waals surface area contributed by atoms with Gasteiger partial charge in [-0.05, 0) is 42.0 Å². The second kappa shape index (κ2) is 7.96. The molecule has 0 radical (unpaired) electrons. The number of fused-ring (bicyclic) bond motifs is 1. The lowest BCUT2D eigenvalue weighted by Crippen LogP contribution is -2.36. The quantitative estimate of drug-likeness (QED) is 0.546. The van der Waals surface area contributed by atoms with E-state index in [-0.39, 0.29) is 5.95 Å². The van der Waals surface area contributed by atoms with Gasteiger partial charge in [0.25, 0.3) is 0 Å². The normalized spacial score (nSPS) is 14.6. The SMILES string of the molecule is Nc1nccc(-c2ccc3c(/C=C/c4ccc(N5CCOCC5)cc4)n[nH]c3c2)n1. The number of benzene rings is 2. The monoisotopic (exact) mass is 398 g/mol. The summed E-state index contributed by atoms with van der Waals surface area (Å²) in [6, 6.07) is 16.5.